The normalized spacial score (nSPS) is 18.6. The van der Waals surface area contributed by atoms with Crippen molar-refractivity contribution in [2.75, 3.05) is 52.7 Å². The molecule has 0 saturated carbocycles. The van der Waals surface area contributed by atoms with E-state index in [2.05, 4.69) is 36.4 Å². The van der Waals surface area contributed by atoms with Gasteiger partial charge in [0.2, 0.25) is 0 Å². The first kappa shape index (κ1) is 20.2. The topological polar surface area (TPSA) is 64.1 Å². The Morgan fingerprint density at radius 3 is 2.83 bits per heavy atom. The molecule has 0 aromatic rings. The van der Waals surface area contributed by atoms with Gasteiger partial charge in [-0.2, -0.15) is 0 Å². The number of nitrogens with one attached hydrogen (secondary N) is 2. The second kappa shape index (κ2) is 13.6. The van der Waals surface area contributed by atoms with E-state index in [1.54, 1.807) is 0 Å². The Balaban J connectivity index is 2.04. The van der Waals surface area contributed by atoms with Crippen LogP contribution in [0.4, 0.5) is 0 Å². The highest BCUT2D eigenvalue weighted by Gasteiger charge is 2.15. The fraction of sp³-hybridized carbons (Fsp3) is 0.941. The van der Waals surface area contributed by atoms with E-state index >= 15 is 0 Å². The maximum absolute atomic E-state index is 5.73. The number of hydrogen-bond donors (Lipinski definition) is 2. The first-order valence-electron chi connectivity index (χ1n) is 9.01. The molecule has 1 fully saturated rings. The van der Waals surface area contributed by atoms with E-state index in [0.29, 0.717) is 12.5 Å². The lowest BCUT2D eigenvalue weighted by molar-refractivity contribution is 0.0424. The third-order valence-electron chi connectivity index (χ3n) is 3.54. The summed E-state index contributed by atoms with van der Waals surface area (Å²) in [5.41, 5.74) is 0. The van der Waals surface area contributed by atoms with E-state index in [9.17, 15) is 0 Å². The summed E-state index contributed by atoms with van der Waals surface area (Å²) in [4.78, 5) is 4.55. The van der Waals surface area contributed by atoms with Crippen LogP contribution in [0.3, 0.4) is 0 Å². The van der Waals surface area contributed by atoms with Crippen molar-refractivity contribution < 1.29 is 14.2 Å². The Morgan fingerprint density at radius 1 is 1.26 bits per heavy atom. The molecule has 1 aliphatic rings. The minimum Gasteiger partial charge on any atom is -0.380 e. The average molecular weight is 329 g/mol. The maximum atomic E-state index is 5.73. The summed E-state index contributed by atoms with van der Waals surface area (Å²) < 4.78 is 16.6. The van der Waals surface area contributed by atoms with Crippen LogP contribution in [0.2, 0.25) is 0 Å². The summed E-state index contributed by atoms with van der Waals surface area (Å²) in [6, 6.07) is 0. The van der Waals surface area contributed by atoms with Crippen molar-refractivity contribution in [2.24, 2.45) is 10.9 Å². The Hall–Kier alpha value is -0.850. The van der Waals surface area contributed by atoms with Crippen molar-refractivity contribution in [2.45, 2.75) is 46.1 Å². The highest BCUT2D eigenvalue weighted by molar-refractivity contribution is 5.79. The number of rotatable bonds is 12. The lowest BCUT2D eigenvalue weighted by Gasteiger charge is -2.12. The van der Waals surface area contributed by atoms with Gasteiger partial charge in [0, 0.05) is 39.5 Å². The van der Waals surface area contributed by atoms with Crippen molar-refractivity contribution >= 4 is 5.96 Å². The minimum atomic E-state index is 0.285. The molecule has 6 nitrogen and oxygen atoms in total. The number of aliphatic imine (C=N–C) groups is 1. The molecule has 23 heavy (non-hydrogen) atoms. The summed E-state index contributed by atoms with van der Waals surface area (Å²) >= 11 is 0. The molecule has 0 amide bonds. The summed E-state index contributed by atoms with van der Waals surface area (Å²) in [5.74, 6) is 1.55. The molecule has 1 aliphatic heterocycles. The molecule has 6 heteroatoms. The van der Waals surface area contributed by atoms with E-state index in [-0.39, 0.29) is 6.10 Å². The van der Waals surface area contributed by atoms with Crippen molar-refractivity contribution in [1.82, 2.24) is 10.6 Å². The van der Waals surface area contributed by atoms with Crippen LogP contribution in [-0.4, -0.2) is 64.7 Å². The van der Waals surface area contributed by atoms with Gasteiger partial charge < -0.3 is 24.8 Å². The second-order valence-electron chi connectivity index (χ2n) is 6.19. The van der Waals surface area contributed by atoms with Gasteiger partial charge in [-0.15, -0.1) is 0 Å². The standard InChI is InChI=1S/C17H35N3O3/c1-4-18-17(20-9-13-21-11-6-15(2)3)19-8-5-10-23-16-7-12-22-14-16/h15-16H,4-14H2,1-3H3,(H2,18,19,20). The molecule has 1 saturated heterocycles. The molecule has 1 atom stereocenters. The maximum Gasteiger partial charge on any atom is 0.191 e. The first-order valence-corrected chi connectivity index (χ1v) is 9.01. The zero-order chi connectivity index (χ0) is 16.8. The smallest absolute Gasteiger partial charge is 0.191 e. The van der Waals surface area contributed by atoms with Crippen LogP contribution in [-0.2, 0) is 14.2 Å². The zero-order valence-electron chi connectivity index (χ0n) is 15.1. The van der Waals surface area contributed by atoms with E-state index in [0.717, 1.165) is 71.3 Å². The summed E-state index contributed by atoms with van der Waals surface area (Å²) in [5, 5.41) is 6.54. The Morgan fingerprint density at radius 2 is 2.13 bits per heavy atom. The quantitative estimate of drug-likeness (QED) is 0.325. The molecule has 0 aromatic heterocycles. The van der Waals surface area contributed by atoms with Gasteiger partial charge >= 0.3 is 0 Å². The van der Waals surface area contributed by atoms with Crippen LogP contribution in [0.25, 0.3) is 0 Å². The molecular weight excluding hydrogens is 294 g/mol. The van der Waals surface area contributed by atoms with Gasteiger partial charge in [0.15, 0.2) is 5.96 Å². The number of guanidine groups is 1. The van der Waals surface area contributed by atoms with Gasteiger partial charge in [0.05, 0.1) is 19.3 Å². The van der Waals surface area contributed by atoms with Crippen LogP contribution in [0, 0.1) is 5.92 Å². The van der Waals surface area contributed by atoms with E-state index in [1.807, 2.05) is 0 Å². The third-order valence-corrected chi connectivity index (χ3v) is 3.54. The van der Waals surface area contributed by atoms with Gasteiger partial charge in [-0.1, -0.05) is 13.8 Å². The predicted molar refractivity (Wildman–Crippen MR) is 94.0 cm³/mol. The molecule has 1 rings (SSSR count). The fourth-order valence-corrected chi connectivity index (χ4v) is 2.15. The third kappa shape index (κ3) is 11.3. The van der Waals surface area contributed by atoms with Crippen LogP contribution in [0.5, 0.6) is 0 Å². The minimum absolute atomic E-state index is 0.285. The molecule has 0 bridgehead atoms. The molecular formula is C17H35N3O3. The molecule has 0 aromatic carbocycles. The summed E-state index contributed by atoms with van der Waals surface area (Å²) in [6.45, 7) is 12.7. The van der Waals surface area contributed by atoms with Gasteiger partial charge in [0.1, 0.15) is 0 Å². The summed E-state index contributed by atoms with van der Waals surface area (Å²) in [6.07, 6.45) is 3.34. The van der Waals surface area contributed by atoms with Crippen molar-refractivity contribution in [1.29, 1.82) is 0 Å². The lowest BCUT2D eigenvalue weighted by Crippen LogP contribution is -2.39. The Kier molecular flexibility index (Phi) is 11.9. The Bertz CT molecular complexity index is 305. The van der Waals surface area contributed by atoms with Gasteiger partial charge in [0.25, 0.3) is 0 Å². The molecule has 136 valence electrons. The highest BCUT2D eigenvalue weighted by atomic mass is 16.5. The van der Waals surface area contributed by atoms with E-state index < -0.39 is 0 Å². The summed E-state index contributed by atoms with van der Waals surface area (Å²) in [7, 11) is 0. The average Bonchev–Trinajstić information content (AvgIpc) is 3.03. The highest BCUT2D eigenvalue weighted by Crippen LogP contribution is 2.08. The van der Waals surface area contributed by atoms with Crippen molar-refractivity contribution in [3.05, 3.63) is 0 Å². The lowest BCUT2D eigenvalue weighted by atomic mass is 10.1. The molecule has 1 unspecified atom stereocenters. The SMILES string of the molecule is CCNC(=NCCCOC1CCOC1)NCCOCCC(C)C. The van der Waals surface area contributed by atoms with Crippen LogP contribution in [0.15, 0.2) is 4.99 Å². The fourth-order valence-electron chi connectivity index (χ4n) is 2.15. The molecule has 0 aliphatic carbocycles. The van der Waals surface area contributed by atoms with Crippen molar-refractivity contribution in [3.8, 4) is 0 Å². The number of ether oxygens (including phenoxy) is 3. The molecule has 1 heterocycles. The monoisotopic (exact) mass is 329 g/mol. The molecule has 2 N–H and O–H groups in total. The number of hydrogen-bond acceptors (Lipinski definition) is 4. The van der Waals surface area contributed by atoms with Crippen LogP contribution < -0.4 is 10.6 Å². The van der Waals surface area contributed by atoms with Gasteiger partial charge in [-0.3, -0.25) is 4.99 Å². The molecule has 0 spiro atoms. The van der Waals surface area contributed by atoms with E-state index in [1.165, 1.54) is 0 Å². The van der Waals surface area contributed by atoms with E-state index in [4.69, 9.17) is 14.2 Å². The Labute approximate surface area is 141 Å². The van der Waals surface area contributed by atoms with Crippen LogP contribution >= 0.6 is 0 Å². The van der Waals surface area contributed by atoms with Crippen molar-refractivity contribution in [3.63, 3.8) is 0 Å². The first-order chi connectivity index (χ1) is 11.2. The second-order valence-corrected chi connectivity index (χ2v) is 6.19. The zero-order valence-corrected chi connectivity index (χ0v) is 15.1. The number of nitrogens with zero attached hydrogens (tertiary/aromatic N) is 1. The molecule has 0 radical (unpaired) electrons. The predicted octanol–water partition coefficient (Wildman–Crippen LogP) is 1.80. The largest absolute Gasteiger partial charge is 0.380 e. The van der Waals surface area contributed by atoms with Gasteiger partial charge in [-0.05, 0) is 32.1 Å². The van der Waals surface area contributed by atoms with Gasteiger partial charge in [-0.25, -0.2) is 0 Å². The van der Waals surface area contributed by atoms with Crippen LogP contribution in [0.1, 0.15) is 40.0 Å².